The maximum Gasteiger partial charge on any atom is 0.277 e. The molecular weight excluding hydrogens is 328 g/mol. The average Bonchev–Trinajstić information content (AvgIpc) is 2.78. The van der Waals surface area contributed by atoms with E-state index >= 15 is 0 Å². The molecule has 0 saturated heterocycles. The van der Waals surface area contributed by atoms with E-state index in [1.165, 1.54) is 29.1 Å². The third-order valence-electron chi connectivity index (χ3n) is 3.17. The van der Waals surface area contributed by atoms with E-state index in [-0.39, 0.29) is 27.1 Å². The van der Waals surface area contributed by atoms with Crippen molar-refractivity contribution in [2.24, 2.45) is 0 Å². The molecule has 0 saturated carbocycles. The second-order valence-electron chi connectivity index (χ2n) is 5.20. The van der Waals surface area contributed by atoms with Gasteiger partial charge in [0.2, 0.25) is 5.78 Å². The topological polar surface area (TPSA) is 89.0 Å². The summed E-state index contributed by atoms with van der Waals surface area (Å²) < 4.78 is 24.3. The van der Waals surface area contributed by atoms with Crippen LogP contribution in [0.1, 0.15) is 35.8 Å². The van der Waals surface area contributed by atoms with Gasteiger partial charge in [0, 0.05) is 24.1 Å². The number of nitrogens with one attached hydrogen (secondary N) is 1. The molecule has 0 bridgehead atoms. The molecule has 118 valence electrons. The SMILES string of the molecule is CC(C)n1[nH]cc(C(=O)c2ccc(S(C)(=O)=O)cc2Cl)c1=O. The fraction of sp³-hybridized carbons (Fsp3) is 0.286. The first-order valence-electron chi connectivity index (χ1n) is 6.47. The van der Waals surface area contributed by atoms with Crippen LogP contribution in [-0.4, -0.2) is 30.2 Å². The Labute approximate surface area is 132 Å². The number of nitrogens with zero attached hydrogens (tertiary/aromatic N) is 1. The molecule has 0 aliphatic rings. The highest BCUT2D eigenvalue weighted by atomic mass is 35.5. The zero-order valence-corrected chi connectivity index (χ0v) is 13.8. The number of carbonyl (C=O) groups excluding carboxylic acids is 1. The summed E-state index contributed by atoms with van der Waals surface area (Å²) in [7, 11) is -3.42. The van der Waals surface area contributed by atoms with Gasteiger partial charge in [0.25, 0.3) is 5.56 Å². The molecule has 0 unspecified atom stereocenters. The summed E-state index contributed by atoms with van der Waals surface area (Å²) in [6.07, 6.45) is 2.37. The average molecular weight is 343 g/mol. The molecule has 1 aromatic carbocycles. The summed E-state index contributed by atoms with van der Waals surface area (Å²) >= 11 is 6.00. The fourth-order valence-electron chi connectivity index (χ4n) is 1.99. The van der Waals surface area contributed by atoms with Crippen LogP contribution in [0, 0.1) is 0 Å². The minimum atomic E-state index is -3.42. The van der Waals surface area contributed by atoms with E-state index in [1.54, 1.807) is 13.8 Å². The minimum Gasteiger partial charge on any atom is -0.302 e. The number of aromatic nitrogens is 2. The Hall–Kier alpha value is -1.86. The molecule has 0 aliphatic carbocycles. The molecular formula is C14H15ClN2O4S. The molecule has 0 radical (unpaired) electrons. The molecule has 0 fully saturated rings. The van der Waals surface area contributed by atoms with Crippen LogP contribution in [0.5, 0.6) is 0 Å². The van der Waals surface area contributed by atoms with Gasteiger partial charge in [-0.3, -0.25) is 14.3 Å². The van der Waals surface area contributed by atoms with Crippen molar-refractivity contribution in [3.05, 3.63) is 50.9 Å². The lowest BCUT2D eigenvalue weighted by atomic mass is 10.1. The van der Waals surface area contributed by atoms with Gasteiger partial charge in [0.15, 0.2) is 9.84 Å². The van der Waals surface area contributed by atoms with Gasteiger partial charge in [0.05, 0.1) is 9.92 Å². The monoisotopic (exact) mass is 342 g/mol. The summed E-state index contributed by atoms with van der Waals surface area (Å²) in [5.74, 6) is -0.550. The lowest BCUT2D eigenvalue weighted by Gasteiger charge is -2.05. The number of ketones is 1. The first-order valence-corrected chi connectivity index (χ1v) is 8.74. The van der Waals surface area contributed by atoms with Crippen molar-refractivity contribution in [2.75, 3.05) is 6.26 Å². The van der Waals surface area contributed by atoms with Gasteiger partial charge >= 0.3 is 0 Å². The number of rotatable bonds is 4. The van der Waals surface area contributed by atoms with Crippen LogP contribution < -0.4 is 5.56 Å². The minimum absolute atomic E-state index is 0.00961. The smallest absolute Gasteiger partial charge is 0.277 e. The second kappa shape index (κ2) is 5.73. The maximum atomic E-state index is 12.4. The van der Waals surface area contributed by atoms with Gasteiger partial charge < -0.3 is 5.10 Å². The van der Waals surface area contributed by atoms with E-state index in [4.69, 9.17) is 11.6 Å². The van der Waals surface area contributed by atoms with Gasteiger partial charge in [-0.15, -0.1) is 0 Å². The van der Waals surface area contributed by atoms with Crippen LogP contribution in [0.3, 0.4) is 0 Å². The first kappa shape index (κ1) is 16.5. The van der Waals surface area contributed by atoms with Crippen molar-refractivity contribution >= 4 is 27.2 Å². The Morgan fingerprint density at radius 2 is 1.91 bits per heavy atom. The summed E-state index contributed by atoms with van der Waals surface area (Å²) in [6, 6.07) is 3.70. The highest BCUT2D eigenvalue weighted by Crippen LogP contribution is 2.22. The number of benzene rings is 1. The van der Waals surface area contributed by atoms with E-state index in [0.717, 1.165) is 6.26 Å². The summed E-state index contributed by atoms with van der Waals surface area (Å²) in [5.41, 5.74) is -0.396. The molecule has 2 aromatic rings. The Kier molecular flexibility index (Phi) is 4.30. The lowest BCUT2D eigenvalue weighted by molar-refractivity contribution is 0.103. The van der Waals surface area contributed by atoms with Crippen LogP contribution in [0.4, 0.5) is 0 Å². The molecule has 1 heterocycles. The molecule has 6 nitrogen and oxygen atoms in total. The molecule has 0 spiro atoms. The van der Waals surface area contributed by atoms with E-state index in [2.05, 4.69) is 5.10 Å². The van der Waals surface area contributed by atoms with Crippen LogP contribution in [-0.2, 0) is 9.84 Å². The van der Waals surface area contributed by atoms with Crippen molar-refractivity contribution in [2.45, 2.75) is 24.8 Å². The van der Waals surface area contributed by atoms with Crippen molar-refractivity contribution in [3.63, 3.8) is 0 Å². The van der Waals surface area contributed by atoms with E-state index in [0.29, 0.717) is 0 Å². The third kappa shape index (κ3) is 3.00. The van der Waals surface area contributed by atoms with Crippen molar-refractivity contribution in [1.82, 2.24) is 9.78 Å². The summed E-state index contributed by atoms with van der Waals surface area (Å²) in [5, 5.41) is 2.71. The van der Waals surface area contributed by atoms with Gasteiger partial charge in [-0.2, -0.15) is 0 Å². The predicted octanol–water partition coefficient (Wildman–Crippen LogP) is 2.05. The third-order valence-corrected chi connectivity index (χ3v) is 4.59. The zero-order chi connectivity index (χ0) is 16.7. The molecule has 0 atom stereocenters. The molecule has 22 heavy (non-hydrogen) atoms. The Morgan fingerprint density at radius 1 is 1.27 bits per heavy atom. The Bertz CT molecular complexity index is 894. The fourth-order valence-corrected chi connectivity index (χ4v) is 2.96. The quantitative estimate of drug-likeness (QED) is 0.861. The van der Waals surface area contributed by atoms with Gasteiger partial charge in [0.1, 0.15) is 5.56 Å². The first-order chi connectivity index (χ1) is 10.1. The van der Waals surface area contributed by atoms with Crippen molar-refractivity contribution in [1.29, 1.82) is 0 Å². The largest absolute Gasteiger partial charge is 0.302 e. The van der Waals surface area contributed by atoms with Crippen LogP contribution >= 0.6 is 11.6 Å². The van der Waals surface area contributed by atoms with E-state index in [1.807, 2.05) is 0 Å². The number of halogens is 1. The number of carbonyl (C=O) groups is 1. The second-order valence-corrected chi connectivity index (χ2v) is 7.62. The lowest BCUT2D eigenvalue weighted by Crippen LogP contribution is -2.23. The molecule has 1 aromatic heterocycles. The Morgan fingerprint density at radius 3 is 2.36 bits per heavy atom. The molecule has 1 N–H and O–H groups in total. The predicted molar refractivity (Wildman–Crippen MR) is 83.4 cm³/mol. The van der Waals surface area contributed by atoms with Crippen LogP contribution in [0.15, 0.2) is 34.1 Å². The number of sulfone groups is 1. The van der Waals surface area contributed by atoms with E-state index in [9.17, 15) is 18.0 Å². The number of H-pyrrole nitrogens is 1. The number of hydrogen-bond acceptors (Lipinski definition) is 4. The molecule has 8 heteroatoms. The van der Waals surface area contributed by atoms with Gasteiger partial charge in [-0.05, 0) is 32.0 Å². The standard InChI is InChI=1S/C14H15ClN2O4S/c1-8(2)17-14(19)11(7-16-17)13(18)10-5-4-9(6-12(10)15)22(3,20)21/h4-8,16H,1-3H3. The van der Waals surface area contributed by atoms with Gasteiger partial charge in [-0.25, -0.2) is 8.42 Å². The normalized spacial score (nSPS) is 11.9. The highest BCUT2D eigenvalue weighted by Gasteiger charge is 2.21. The summed E-state index contributed by atoms with van der Waals surface area (Å²) in [4.78, 5) is 24.6. The molecule has 0 aliphatic heterocycles. The molecule has 2 rings (SSSR count). The van der Waals surface area contributed by atoms with Crippen LogP contribution in [0.2, 0.25) is 5.02 Å². The van der Waals surface area contributed by atoms with Gasteiger partial charge in [-0.1, -0.05) is 11.6 Å². The van der Waals surface area contributed by atoms with Crippen molar-refractivity contribution < 1.29 is 13.2 Å². The van der Waals surface area contributed by atoms with E-state index < -0.39 is 21.2 Å². The van der Waals surface area contributed by atoms with Crippen LogP contribution in [0.25, 0.3) is 0 Å². The summed E-state index contributed by atoms with van der Waals surface area (Å²) in [6.45, 7) is 3.61. The maximum absolute atomic E-state index is 12.4. The number of aromatic amines is 1. The zero-order valence-electron chi connectivity index (χ0n) is 12.3. The highest BCUT2D eigenvalue weighted by molar-refractivity contribution is 7.90. The number of hydrogen-bond donors (Lipinski definition) is 1. The van der Waals surface area contributed by atoms with Crippen molar-refractivity contribution in [3.8, 4) is 0 Å². The Balaban J connectivity index is 2.49. The molecule has 0 amide bonds.